The number of thioether (sulfide) groups is 1. The number of aromatic nitrogens is 3. The number of nitrogens with one attached hydrogen (secondary N) is 2. The first-order chi connectivity index (χ1) is 10.9. The molecule has 1 aliphatic rings. The summed E-state index contributed by atoms with van der Waals surface area (Å²) < 4.78 is 25.1. The number of nitrogens with zero attached hydrogens (tertiary/aromatic N) is 3. The fourth-order valence-electron chi connectivity index (χ4n) is 2.43. The highest BCUT2D eigenvalue weighted by Crippen LogP contribution is 2.20. The Morgan fingerprint density at radius 3 is 2.70 bits per heavy atom. The smallest absolute Gasteiger partial charge is 0.223 e. The maximum Gasteiger partial charge on any atom is 0.223 e. The van der Waals surface area contributed by atoms with Gasteiger partial charge >= 0.3 is 0 Å². The first-order valence-corrected chi connectivity index (χ1v) is 10.3. The highest BCUT2D eigenvalue weighted by Gasteiger charge is 2.29. The number of rotatable bonds is 7. The molecule has 1 saturated heterocycles. The second kappa shape index (κ2) is 8.11. The molecule has 2 N–H and O–H groups in total. The normalized spacial score (nSPS) is 17.3. The lowest BCUT2D eigenvalue weighted by atomic mass is 9.97. The molecule has 0 saturated carbocycles. The Bertz CT molecular complexity index is 623. The lowest BCUT2D eigenvalue weighted by molar-refractivity contribution is -0.125. The number of carbonyl (C=O) groups excluding carboxylic acids is 1. The van der Waals surface area contributed by atoms with E-state index in [1.54, 1.807) is 6.92 Å². The molecular formula is C13H23N5O3S2. The Kier molecular flexibility index (Phi) is 6.42. The summed E-state index contributed by atoms with van der Waals surface area (Å²) in [5.74, 6) is 1.48. The molecule has 2 heterocycles. The maximum absolute atomic E-state index is 12.1. The molecule has 23 heavy (non-hydrogen) atoms. The zero-order chi connectivity index (χ0) is 16.9. The van der Waals surface area contributed by atoms with Gasteiger partial charge in [-0.3, -0.25) is 9.89 Å². The van der Waals surface area contributed by atoms with Gasteiger partial charge in [0, 0.05) is 31.3 Å². The van der Waals surface area contributed by atoms with Crippen LogP contribution in [0.1, 0.15) is 25.6 Å². The van der Waals surface area contributed by atoms with Gasteiger partial charge in [-0.25, -0.2) is 17.7 Å². The molecule has 8 nitrogen and oxygen atoms in total. The van der Waals surface area contributed by atoms with Crippen LogP contribution < -0.4 is 5.32 Å². The maximum atomic E-state index is 12.1. The van der Waals surface area contributed by atoms with E-state index in [2.05, 4.69) is 20.5 Å². The van der Waals surface area contributed by atoms with Crippen molar-refractivity contribution in [3.63, 3.8) is 0 Å². The van der Waals surface area contributed by atoms with Crippen molar-refractivity contribution in [3.05, 3.63) is 5.82 Å². The number of sulfonamides is 1. The molecule has 1 amide bonds. The monoisotopic (exact) mass is 361 g/mol. The van der Waals surface area contributed by atoms with E-state index in [0.29, 0.717) is 43.4 Å². The van der Waals surface area contributed by atoms with Crippen LogP contribution in [0.25, 0.3) is 0 Å². The number of carbonyl (C=O) groups is 1. The van der Waals surface area contributed by atoms with Crippen molar-refractivity contribution in [2.75, 3.05) is 31.1 Å². The van der Waals surface area contributed by atoms with Gasteiger partial charge in [0.15, 0.2) is 0 Å². The van der Waals surface area contributed by atoms with Crippen molar-refractivity contribution in [2.45, 2.75) is 31.8 Å². The van der Waals surface area contributed by atoms with E-state index in [-0.39, 0.29) is 17.6 Å². The van der Waals surface area contributed by atoms with Crippen LogP contribution in [0.15, 0.2) is 5.16 Å². The molecule has 0 aliphatic carbocycles. The second-order valence-electron chi connectivity index (χ2n) is 5.42. The van der Waals surface area contributed by atoms with Crippen LogP contribution in [0, 0.1) is 12.8 Å². The van der Waals surface area contributed by atoms with E-state index in [1.807, 2.05) is 6.92 Å². The summed E-state index contributed by atoms with van der Waals surface area (Å²) >= 11 is 1.48. The van der Waals surface area contributed by atoms with Crippen molar-refractivity contribution in [3.8, 4) is 0 Å². The topological polar surface area (TPSA) is 108 Å². The molecule has 1 aliphatic heterocycles. The summed E-state index contributed by atoms with van der Waals surface area (Å²) in [5, 5.41) is 10.4. The highest BCUT2D eigenvalue weighted by molar-refractivity contribution is 7.99. The first kappa shape index (κ1) is 18.2. The molecule has 0 aromatic carbocycles. The average Bonchev–Trinajstić information content (AvgIpc) is 2.97. The van der Waals surface area contributed by atoms with Crippen LogP contribution >= 0.6 is 11.8 Å². The zero-order valence-corrected chi connectivity index (χ0v) is 15.0. The van der Waals surface area contributed by atoms with Crippen LogP contribution in [-0.4, -0.2) is 65.0 Å². The fourth-order valence-corrected chi connectivity index (χ4v) is 4.26. The first-order valence-electron chi connectivity index (χ1n) is 7.69. The van der Waals surface area contributed by atoms with Gasteiger partial charge in [-0.2, -0.15) is 0 Å². The molecule has 130 valence electrons. The van der Waals surface area contributed by atoms with Crippen molar-refractivity contribution < 1.29 is 13.2 Å². The molecule has 10 heteroatoms. The number of H-pyrrole nitrogens is 1. The lowest BCUT2D eigenvalue weighted by Gasteiger charge is -2.30. The van der Waals surface area contributed by atoms with E-state index in [1.165, 1.54) is 16.1 Å². The third kappa shape index (κ3) is 5.18. The summed E-state index contributed by atoms with van der Waals surface area (Å²) in [7, 11) is -3.14. The van der Waals surface area contributed by atoms with Crippen LogP contribution in [0.4, 0.5) is 0 Å². The minimum Gasteiger partial charge on any atom is -0.355 e. The molecule has 0 atom stereocenters. The number of aromatic amines is 1. The molecule has 0 bridgehead atoms. The van der Waals surface area contributed by atoms with Crippen LogP contribution in [0.3, 0.4) is 0 Å². The van der Waals surface area contributed by atoms with E-state index in [4.69, 9.17) is 0 Å². The van der Waals surface area contributed by atoms with Gasteiger partial charge in [0.2, 0.25) is 21.1 Å². The molecule has 0 unspecified atom stereocenters. The van der Waals surface area contributed by atoms with Crippen molar-refractivity contribution in [1.29, 1.82) is 0 Å². The van der Waals surface area contributed by atoms with Crippen LogP contribution in [0.5, 0.6) is 0 Å². The number of piperidine rings is 1. The molecular weight excluding hydrogens is 338 g/mol. The van der Waals surface area contributed by atoms with E-state index < -0.39 is 10.0 Å². The van der Waals surface area contributed by atoms with Crippen molar-refractivity contribution in [2.24, 2.45) is 5.92 Å². The molecule has 1 aromatic heterocycles. The van der Waals surface area contributed by atoms with Crippen molar-refractivity contribution in [1.82, 2.24) is 24.8 Å². The van der Waals surface area contributed by atoms with Gasteiger partial charge in [-0.05, 0) is 26.7 Å². The Balaban J connectivity index is 1.67. The largest absolute Gasteiger partial charge is 0.355 e. The Labute approximate surface area is 140 Å². The predicted molar refractivity (Wildman–Crippen MR) is 88.6 cm³/mol. The molecule has 1 fully saturated rings. The standard InChI is InChI=1S/C13H23N5O3S2/c1-3-23(20,21)18-7-4-11(5-8-18)12(19)14-6-9-22-13-15-10(2)16-17-13/h11H,3-9H2,1-2H3,(H,14,19)(H,15,16,17). The highest BCUT2D eigenvalue weighted by atomic mass is 32.2. The Hall–Kier alpha value is -1.13. The van der Waals surface area contributed by atoms with Gasteiger partial charge in [0.05, 0.1) is 5.75 Å². The molecule has 0 spiro atoms. The number of aryl methyl sites for hydroxylation is 1. The third-order valence-electron chi connectivity index (χ3n) is 3.79. The third-order valence-corrected chi connectivity index (χ3v) is 6.52. The fraction of sp³-hybridized carbons (Fsp3) is 0.769. The summed E-state index contributed by atoms with van der Waals surface area (Å²) in [4.78, 5) is 16.3. The summed E-state index contributed by atoms with van der Waals surface area (Å²) in [6, 6.07) is 0. The summed E-state index contributed by atoms with van der Waals surface area (Å²) in [6.07, 6.45) is 1.16. The Morgan fingerprint density at radius 2 is 2.13 bits per heavy atom. The van der Waals surface area contributed by atoms with Gasteiger partial charge < -0.3 is 5.32 Å². The SMILES string of the molecule is CCS(=O)(=O)N1CCC(C(=O)NCCSc2n[nH]c(C)n2)CC1. The van der Waals surface area contributed by atoms with Gasteiger partial charge in [0.1, 0.15) is 5.82 Å². The van der Waals surface area contributed by atoms with E-state index in [0.717, 1.165) is 5.82 Å². The minimum absolute atomic E-state index is 0.00492. The molecule has 2 rings (SSSR count). The van der Waals surface area contributed by atoms with Crippen LogP contribution in [0.2, 0.25) is 0 Å². The van der Waals surface area contributed by atoms with Gasteiger partial charge in [-0.1, -0.05) is 11.8 Å². The predicted octanol–water partition coefficient (Wildman–Crippen LogP) is 0.383. The van der Waals surface area contributed by atoms with E-state index >= 15 is 0 Å². The minimum atomic E-state index is -3.14. The molecule has 0 radical (unpaired) electrons. The summed E-state index contributed by atoms with van der Waals surface area (Å²) in [6.45, 7) is 4.88. The quantitative estimate of drug-likeness (QED) is 0.537. The number of hydrogen-bond donors (Lipinski definition) is 2. The van der Waals surface area contributed by atoms with Crippen molar-refractivity contribution >= 4 is 27.7 Å². The number of amides is 1. The number of hydrogen-bond acceptors (Lipinski definition) is 6. The second-order valence-corrected chi connectivity index (χ2v) is 8.74. The van der Waals surface area contributed by atoms with Gasteiger partial charge in [0.25, 0.3) is 0 Å². The average molecular weight is 361 g/mol. The van der Waals surface area contributed by atoms with Crippen LogP contribution in [-0.2, 0) is 14.8 Å². The van der Waals surface area contributed by atoms with Gasteiger partial charge in [-0.15, -0.1) is 5.10 Å². The zero-order valence-electron chi connectivity index (χ0n) is 13.4. The summed E-state index contributed by atoms with van der Waals surface area (Å²) in [5.41, 5.74) is 0. The van der Waals surface area contributed by atoms with E-state index in [9.17, 15) is 13.2 Å². The Morgan fingerprint density at radius 1 is 1.43 bits per heavy atom. The molecule has 1 aromatic rings. The lowest BCUT2D eigenvalue weighted by Crippen LogP contribution is -2.43.